The number of hydrogen-bond donors (Lipinski definition) is 3. The Kier molecular flexibility index (Phi) is 12.0. The van der Waals surface area contributed by atoms with Gasteiger partial charge in [0, 0.05) is 0 Å². The molecule has 0 aliphatic rings. The third kappa shape index (κ3) is 22.8. The van der Waals surface area contributed by atoms with Crippen molar-refractivity contribution < 1.29 is 15.0 Å². The molecule has 0 atom stereocenters. The molecule has 0 heterocycles. The van der Waals surface area contributed by atoms with Crippen LogP contribution in [-0.4, -0.2) is 54.9 Å². The highest BCUT2D eigenvalue weighted by Crippen LogP contribution is 1.76. The normalized spacial score (nSPS) is 9.08. The van der Waals surface area contributed by atoms with E-state index < -0.39 is 12.6 Å². The standard InChI is InChI=1S/C5H14N2.C2H4O3/c1-7(2)5-3-4-6;3-1-2(4)5/h3-6H2,1-2H3;3H,1H2,(H,4,5). The van der Waals surface area contributed by atoms with Crippen LogP contribution in [0.25, 0.3) is 0 Å². The van der Waals surface area contributed by atoms with E-state index in [0.29, 0.717) is 0 Å². The number of carboxylic acids is 1. The van der Waals surface area contributed by atoms with Crippen LogP contribution in [0, 0.1) is 0 Å². The number of rotatable bonds is 4. The van der Waals surface area contributed by atoms with Crippen LogP contribution in [0.5, 0.6) is 0 Å². The second kappa shape index (κ2) is 10.3. The molecule has 0 aromatic carbocycles. The van der Waals surface area contributed by atoms with Crippen molar-refractivity contribution in [3.8, 4) is 0 Å². The summed E-state index contributed by atoms with van der Waals surface area (Å²) < 4.78 is 0. The summed E-state index contributed by atoms with van der Waals surface area (Å²) in [6, 6.07) is 0. The molecule has 0 amide bonds. The van der Waals surface area contributed by atoms with Crippen molar-refractivity contribution in [2.24, 2.45) is 5.73 Å². The summed E-state index contributed by atoms with van der Waals surface area (Å²) in [5.41, 5.74) is 5.25. The van der Waals surface area contributed by atoms with Crippen LogP contribution in [0.3, 0.4) is 0 Å². The minimum Gasteiger partial charge on any atom is -0.480 e. The number of nitrogens with two attached hydrogens (primary N) is 1. The molecule has 0 unspecified atom stereocenters. The maximum atomic E-state index is 9.12. The smallest absolute Gasteiger partial charge is 0.329 e. The third-order valence-corrected chi connectivity index (χ3v) is 0.945. The van der Waals surface area contributed by atoms with Crippen molar-refractivity contribution >= 4 is 5.97 Å². The van der Waals surface area contributed by atoms with Crippen molar-refractivity contribution in [1.29, 1.82) is 0 Å². The first-order chi connectivity index (χ1) is 5.54. The molecule has 5 nitrogen and oxygen atoms in total. The summed E-state index contributed by atoms with van der Waals surface area (Å²) in [6.45, 7) is 1.13. The molecule has 0 saturated heterocycles. The molecule has 5 heteroatoms. The number of nitrogens with zero attached hydrogens (tertiary/aromatic N) is 1. The Bertz CT molecular complexity index is 107. The molecule has 0 bridgehead atoms. The molecule has 0 spiro atoms. The fourth-order valence-corrected chi connectivity index (χ4v) is 0.408. The average molecular weight is 178 g/mol. The van der Waals surface area contributed by atoms with E-state index in [0.717, 1.165) is 19.5 Å². The molecule has 0 radical (unpaired) electrons. The quantitative estimate of drug-likeness (QED) is 0.512. The van der Waals surface area contributed by atoms with Gasteiger partial charge < -0.3 is 20.8 Å². The van der Waals surface area contributed by atoms with E-state index in [2.05, 4.69) is 19.0 Å². The van der Waals surface area contributed by atoms with E-state index in [1.54, 1.807) is 0 Å². The number of aliphatic carboxylic acids is 1. The van der Waals surface area contributed by atoms with Gasteiger partial charge in [-0.05, 0) is 33.6 Å². The molecule has 12 heavy (non-hydrogen) atoms. The van der Waals surface area contributed by atoms with Crippen LogP contribution in [0.2, 0.25) is 0 Å². The first-order valence-electron chi connectivity index (χ1n) is 3.72. The average Bonchev–Trinajstić information content (AvgIpc) is 2.02. The lowest BCUT2D eigenvalue weighted by molar-refractivity contribution is -0.140. The van der Waals surface area contributed by atoms with Crippen molar-refractivity contribution in [3.05, 3.63) is 0 Å². The Hall–Kier alpha value is -0.650. The van der Waals surface area contributed by atoms with Gasteiger partial charge in [-0.1, -0.05) is 0 Å². The van der Waals surface area contributed by atoms with Gasteiger partial charge in [-0.25, -0.2) is 4.79 Å². The van der Waals surface area contributed by atoms with Gasteiger partial charge in [-0.2, -0.15) is 0 Å². The lowest BCUT2D eigenvalue weighted by atomic mass is 10.4. The number of hydrogen-bond acceptors (Lipinski definition) is 4. The number of carbonyl (C=O) groups is 1. The van der Waals surface area contributed by atoms with Crippen molar-refractivity contribution in [2.75, 3.05) is 33.8 Å². The van der Waals surface area contributed by atoms with Gasteiger partial charge in [0.15, 0.2) is 0 Å². The van der Waals surface area contributed by atoms with Crippen LogP contribution in [0.15, 0.2) is 0 Å². The number of carboxylic acid groups (broad SMARTS) is 1. The largest absolute Gasteiger partial charge is 0.480 e. The van der Waals surface area contributed by atoms with E-state index in [9.17, 15) is 0 Å². The molecule has 0 saturated carbocycles. The fourth-order valence-electron chi connectivity index (χ4n) is 0.408. The maximum Gasteiger partial charge on any atom is 0.329 e. The van der Waals surface area contributed by atoms with Crippen LogP contribution >= 0.6 is 0 Å². The van der Waals surface area contributed by atoms with Crippen LogP contribution in [0.1, 0.15) is 6.42 Å². The van der Waals surface area contributed by atoms with E-state index in [1.165, 1.54) is 0 Å². The zero-order valence-corrected chi connectivity index (χ0v) is 7.66. The second-order valence-electron chi connectivity index (χ2n) is 2.50. The molecule has 74 valence electrons. The van der Waals surface area contributed by atoms with E-state index in [-0.39, 0.29) is 0 Å². The Morgan fingerprint density at radius 2 is 1.92 bits per heavy atom. The summed E-state index contributed by atoms with van der Waals surface area (Å²) in [6.07, 6.45) is 1.10. The molecule has 0 aromatic heterocycles. The predicted molar refractivity (Wildman–Crippen MR) is 46.9 cm³/mol. The van der Waals surface area contributed by atoms with Gasteiger partial charge in [0.05, 0.1) is 0 Å². The summed E-state index contributed by atoms with van der Waals surface area (Å²) in [5.74, 6) is -1.19. The molecular formula is C7H18N2O3. The molecule has 4 N–H and O–H groups in total. The molecular weight excluding hydrogens is 160 g/mol. The number of aliphatic hydroxyl groups excluding tert-OH is 1. The predicted octanol–water partition coefficient (Wildman–Crippen LogP) is -1.04. The van der Waals surface area contributed by atoms with Crippen LogP contribution in [-0.2, 0) is 4.79 Å². The fraction of sp³-hybridized carbons (Fsp3) is 0.857. The Balaban J connectivity index is 0. The first-order valence-corrected chi connectivity index (χ1v) is 3.72. The van der Waals surface area contributed by atoms with Gasteiger partial charge in [0.2, 0.25) is 0 Å². The van der Waals surface area contributed by atoms with Crippen LogP contribution in [0.4, 0.5) is 0 Å². The van der Waals surface area contributed by atoms with Gasteiger partial charge in [0.1, 0.15) is 6.61 Å². The van der Waals surface area contributed by atoms with Gasteiger partial charge in [-0.15, -0.1) is 0 Å². The highest BCUT2D eigenvalue weighted by molar-refractivity contribution is 5.67. The topological polar surface area (TPSA) is 86.8 Å². The van der Waals surface area contributed by atoms with Gasteiger partial charge in [-0.3, -0.25) is 0 Å². The van der Waals surface area contributed by atoms with Crippen molar-refractivity contribution in [3.63, 3.8) is 0 Å². The van der Waals surface area contributed by atoms with Crippen molar-refractivity contribution in [1.82, 2.24) is 4.90 Å². The van der Waals surface area contributed by atoms with Crippen molar-refractivity contribution in [2.45, 2.75) is 6.42 Å². The Labute approximate surface area is 72.8 Å². The first kappa shape index (κ1) is 13.9. The maximum absolute atomic E-state index is 9.12. The summed E-state index contributed by atoms with van der Waals surface area (Å²) >= 11 is 0. The lowest BCUT2D eigenvalue weighted by Crippen LogP contribution is -2.16. The minimum atomic E-state index is -1.19. The third-order valence-electron chi connectivity index (χ3n) is 0.945. The van der Waals surface area contributed by atoms with Crippen LogP contribution < -0.4 is 5.73 Å². The molecule has 0 rings (SSSR count). The summed E-state index contributed by atoms with van der Waals surface area (Å²) in [7, 11) is 4.10. The van der Waals surface area contributed by atoms with E-state index in [1.807, 2.05) is 0 Å². The zero-order chi connectivity index (χ0) is 9.98. The number of aliphatic hydroxyl groups is 1. The van der Waals surface area contributed by atoms with E-state index >= 15 is 0 Å². The second-order valence-corrected chi connectivity index (χ2v) is 2.50. The Morgan fingerprint density at radius 3 is 2.00 bits per heavy atom. The minimum absolute atomic E-state index is 0.778. The molecule has 0 aliphatic heterocycles. The highest BCUT2D eigenvalue weighted by atomic mass is 16.4. The summed E-state index contributed by atoms with van der Waals surface area (Å²) in [4.78, 5) is 11.2. The zero-order valence-electron chi connectivity index (χ0n) is 7.66. The Morgan fingerprint density at radius 1 is 1.50 bits per heavy atom. The SMILES string of the molecule is CN(C)CCCN.O=C(O)CO. The summed E-state index contributed by atoms with van der Waals surface area (Å²) in [5, 5.41) is 15.0. The van der Waals surface area contributed by atoms with Gasteiger partial charge in [0.25, 0.3) is 0 Å². The molecule has 0 aromatic rings. The lowest BCUT2D eigenvalue weighted by Gasteiger charge is -2.05. The van der Waals surface area contributed by atoms with Gasteiger partial charge >= 0.3 is 5.97 Å². The monoisotopic (exact) mass is 178 g/mol. The van der Waals surface area contributed by atoms with E-state index in [4.69, 9.17) is 20.7 Å². The molecule has 0 fully saturated rings. The molecule has 0 aliphatic carbocycles. The highest BCUT2D eigenvalue weighted by Gasteiger charge is 1.84.